The lowest BCUT2D eigenvalue weighted by molar-refractivity contribution is 0.148. The number of nitrogens with zero attached hydrogens (tertiary/aromatic N) is 3. The van der Waals surface area contributed by atoms with Gasteiger partial charge in [0.1, 0.15) is 11.0 Å². The number of hydrogen-bond acceptors (Lipinski definition) is 6. The van der Waals surface area contributed by atoms with E-state index in [0.29, 0.717) is 18.1 Å². The summed E-state index contributed by atoms with van der Waals surface area (Å²) in [5, 5.41) is 13.5. The van der Waals surface area contributed by atoms with Crippen molar-refractivity contribution in [3.8, 4) is 0 Å². The molecule has 0 saturated heterocycles. The number of fused-ring (bicyclic) bond motifs is 1. The Bertz CT molecular complexity index is 531. The molecule has 0 bridgehead atoms. The van der Waals surface area contributed by atoms with E-state index in [0.717, 1.165) is 28.4 Å². The molecule has 5 nitrogen and oxygen atoms in total. The van der Waals surface area contributed by atoms with Gasteiger partial charge in [0.05, 0.1) is 28.5 Å². The van der Waals surface area contributed by atoms with E-state index in [-0.39, 0.29) is 0 Å². The third kappa shape index (κ3) is 3.08. The monoisotopic (exact) mass is 286 g/mol. The summed E-state index contributed by atoms with van der Waals surface area (Å²) in [5.41, 5.74) is 2.30. The summed E-state index contributed by atoms with van der Waals surface area (Å²) < 4.78 is 8.37. The molecule has 18 heavy (non-hydrogen) atoms. The predicted molar refractivity (Wildman–Crippen MR) is 75.5 cm³/mol. The number of benzene rings is 1. The summed E-state index contributed by atoms with van der Waals surface area (Å²) >= 11 is 7.28. The minimum Gasteiger partial charge on any atom is -0.390 e. The first-order chi connectivity index (χ1) is 8.58. The normalized spacial score (nSPS) is 13.2. The molecular weight excluding hydrogens is 272 g/mol. The molecule has 0 aliphatic rings. The van der Waals surface area contributed by atoms with Gasteiger partial charge in [0.15, 0.2) is 0 Å². The van der Waals surface area contributed by atoms with E-state index in [4.69, 9.17) is 11.6 Å². The zero-order chi connectivity index (χ0) is 13.1. The molecule has 0 aliphatic heterocycles. The second-order valence-electron chi connectivity index (χ2n) is 4.35. The number of anilines is 1. The Morgan fingerprint density at radius 1 is 1.44 bits per heavy atom. The molecule has 1 aromatic carbocycles. The lowest BCUT2D eigenvalue weighted by Gasteiger charge is -2.17. The predicted octanol–water partition coefficient (Wildman–Crippen LogP) is 1.68. The summed E-state index contributed by atoms with van der Waals surface area (Å²) in [6.07, 6.45) is -0.460. The molecule has 0 fully saturated rings. The quantitative estimate of drug-likeness (QED) is 0.876. The van der Waals surface area contributed by atoms with Crippen molar-refractivity contribution >= 4 is 40.0 Å². The fourth-order valence-electron chi connectivity index (χ4n) is 1.70. The molecule has 1 heterocycles. The van der Waals surface area contributed by atoms with Crippen LogP contribution in [0, 0.1) is 0 Å². The van der Waals surface area contributed by atoms with Gasteiger partial charge in [0.25, 0.3) is 0 Å². The standard InChI is InChI=1S/C11H15ClN4OS/c1-16(2)6-7(17)5-13-10-8(12)3-4-9-11(10)15-18-14-9/h3-4,7,13,17H,5-6H2,1-2H3. The zero-order valence-corrected chi connectivity index (χ0v) is 11.8. The molecule has 0 saturated carbocycles. The van der Waals surface area contributed by atoms with E-state index < -0.39 is 6.10 Å². The van der Waals surface area contributed by atoms with Crippen molar-refractivity contribution in [1.29, 1.82) is 0 Å². The van der Waals surface area contributed by atoms with Crippen molar-refractivity contribution in [3.05, 3.63) is 17.2 Å². The summed E-state index contributed by atoms with van der Waals surface area (Å²) in [6.45, 7) is 1.02. The number of likely N-dealkylation sites (N-methyl/N-ethyl adjacent to an activating group) is 1. The van der Waals surface area contributed by atoms with Crippen molar-refractivity contribution in [3.63, 3.8) is 0 Å². The Morgan fingerprint density at radius 3 is 2.94 bits per heavy atom. The highest BCUT2D eigenvalue weighted by Gasteiger charge is 2.11. The van der Waals surface area contributed by atoms with Crippen LogP contribution in [0.15, 0.2) is 12.1 Å². The zero-order valence-electron chi connectivity index (χ0n) is 10.2. The maximum Gasteiger partial charge on any atom is 0.129 e. The maximum atomic E-state index is 9.81. The number of halogens is 1. The van der Waals surface area contributed by atoms with Crippen LogP contribution in [0.4, 0.5) is 5.69 Å². The van der Waals surface area contributed by atoms with Gasteiger partial charge in [-0.1, -0.05) is 11.6 Å². The molecule has 2 N–H and O–H groups in total. The number of aliphatic hydroxyl groups is 1. The van der Waals surface area contributed by atoms with Crippen LogP contribution in [0.25, 0.3) is 11.0 Å². The van der Waals surface area contributed by atoms with Gasteiger partial charge < -0.3 is 15.3 Å². The smallest absolute Gasteiger partial charge is 0.129 e. The molecular formula is C11H15ClN4OS. The second kappa shape index (κ2) is 5.79. The van der Waals surface area contributed by atoms with Crippen LogP contribution in [-0.4, -0.2) is 52.0 Å². The fourth-order valence-corrected chi connectivity index (χ4v) is 2.46. The van der Waals surface area contributed by atoms with Crippen LogP contribution in [0.2, 0.25) is 5.02 Å². The van der Waals surface area contributed by atoms with E-state index in [1.807, 2.05) is 25.1 Å². The Morgan fingerprint density at radius 2 is 2.22 bits per heavy atom. The van der Waals surface area contributed by atoms with Crippen molar-refractivity contribution in [2.45, 2.75) is 6.10 Å². The molecule has 2 rings (SSSR count). The maximum absolute atomic E-state index is 9.81. The second-order valence-corrected chi connectivity index (χ2v) is 5.29. The molecule has 0 aliphatic carbocycles. The summed E-state index contributed by atoms with van der Waals surface area (Å²) in [5.74, 6) is 0. The van der Waals surface area contributed by atoms with Crippen LogP contribution in [0.5, 0.6) is 0 Å². The van der Waals surface area contributed by atoms with Gasteiger partial charge in [-0.25, -0.2) is 0 Å². The van der Waals surface area contributed by atoms with E-state index in [1.165, 1.54) is 0 Å². The van der Waals surface area contributed by atoms with E-state index >= 15 is 0 Å². The average Bonchev–Trinajstić information content (AvgIpc) is 2.74. The highest BCUT2D eigenvalue weighted by molar-refractivity contribution is 7.00. The number of aliphatic hydroxyl groups excluding tert-OH is 1. The first kappa shape index (κ1) is 13.5. The third-order valence-electron chi connectivity index (χ3n) is 2.47. The summed E-state index contributed by atoms with van der Waals surface area (Å²) in [7, 11) is 3.84. The fraction of sp³-hybridized carbons (Fsp3) is 0.455. The average molecular weight is 287 g/mol. The van der Waals surface area contributed by atoms with E-state index in [2.05, 4.69) is 14.1 Å². The number of rotatable bonds is 5. The van der Waals surface area contributed by atoms with Crippen molar-refractivity contribution in [2.24, 2.45) is 0 Å². The highest BCUT2D eigenvalue weighted by atomic mass is 35.5. The molecule has 7 heteroatoms. The van der Waals surface area contributed by atoms with Crippen LogP contribution >= 0.6 is 23.3 Å². The molecule has 1 aromatic heterocycles. The number of hydrogen-bond donors (Lipinski definition) is 2. The van der Waals surface area contributed by atoms with Gasteiger partial charge in [0, 0.05) is 13.1 Å². The Balaban J connectivity index is 2.11. The third-order valence-corrected chi connectivity index (χ3v) is 3.32. The van der Waals surface area contributed by atoms with Gasteiger partial charge in [-0.15, -0.1) is 0 Å². The van der Waals surface area contributed by atoms with Crippen LogP contribution in [0.1, 0.15) is 0 Å². The van der Waals surface area contributed by atoms with Gasteiger partial charge in [-0.3, -0.25) is 0 Å². The largest absolute Gasteiger partial charge is 0.390 e. The topological polar surface area (TPSA) is 61.3 Å². The Kier molecular flexibility index (Phi) is 4.34. The molecule has 0 radical (unpaired) electrons. The minimum absolute atomic E-state index is 0.425. The van der Waals surface area contributed by atoms with E-state index in [1.54, 1.807) is 6.07 Å². The highest BCUT2D eigenvalue weighted by Crippen LogP contribution is 2.29. The molecule has 98 valence electrons. The summed E-state index contributed by atoms with van der Waals surface area (Å²) in [6, 6.07) is 3.62. The Hall–Kier alpha value is -0.950. The van der Waals surface area contributed by atoms with E-state index in [9.17, 15) is 5.11 Å². The van der Waals surface area contributed by atoms with Crippen LogP contribution < -0.4 is 5.32 Å². The van der Waals surface area contributed by atoms with Crippen LogP contribution in [0.3, 0.4) is 0 Å². The first-order valence-corrected chi connectivity index (χ1v) is 6.66. The molecule has 1 atom stereocenters. The van der Waals surface area contributed by atoms with Crippen molar-refractivity contribution < 1.29 is 5.11 Å². The van der Waals surface area contributed by atoms with Gasteiger partial charge in [0.2, 0.25) is 0 Å². The molecule has 0 amide bonds. The van der Waals surface area contributed by atoms with Gasteiger partial charge in [-0.05, 0) is 26.2 Å². The van der Waals surface area contributed by atoms with Gasteiger partial charge >= 0.3 is 0 Å². The number of nitrogens with one attached hydrogen (secondary N) is 1. The lowest BCUT2D eigenvalue weighted by Crippen LogP contribution is -2.31. The SMILES string of the molecule is CN(C)CC(O)CNc1c(Cl)ccc2nsnc12. The Labute approximate surface area is 115 Å². The number of aromatic nitrogens is 2. The van der Waals surface area contributed by atoms with Gasteiger partial charge in [-0.2, -0.15) is 8.75 Å². The minimum atomic E-state index is -0.460. The molecule has 2 aromatic rings. The first-order valence-electron chi connectivity index (χ1n) is 5.55. The van der Waals surface area contributed by atoms with Crippen molar-refractivity contribution in [2.75, 3.05) is 32.5 Å². The molecule has 0 spiro atoms. The molecule has 1 unspecified atom stereocenters. The van der Waals surface area contributed by atoms with Crippen LogP contribution in [-0.2, 0) is 0 Å². The summed E-state index contributed by atoms with van der Waals surface area (Å²) in [4.78, 5) is 1.93. The van der Waals surface area contributed by atoms with Crippen molar-refractivity contribution in [1.82, 2.24) is 13.6 Å². The lowest BCUT2D eigenvalue weighted by atomic mass is 10.2.